The fourth-order valence-electron chi connectivity index (χ4n) is 1.84. The molecule has 0 bridgehead atoms. The van der Waals surface area contributed by atoms with Crippen LogP contribution >= 0.6 is 0 Å². The van der Waals surface area contributed by atoms with Crippen LogP contribution in [-0.2, 0) is 4.74 Å². The van der Waals surface area contributed by atoms with Crippen LogP contribution in [0.15, 0.2) is 4.99 Å². The second kappa shape index (κ2) is 6.05. The molecule has 0 spiro atoms. The summed E-state index contributed by atoms with van der Waals surface area (Å²) in [6.45, 7) is 7.46. The van der Waals surface area contributed by atoms with Gasteiger partial charge in [-0.2, -0.15) is 0 Å². The van der Waals surface area contributed by atoms with Gasteiger partial charge >= 0.3 is 0 Å². The zero-order valence-electron chi connectivity index (χ0n) is 9.75. The molecule has 1 rings (SSSR count). The number of hydrogen-bond acceptors (Lipinski definition) is 2. The van der Waals surface area contributed by atoms with Crippen molar-refractivity contribution in [1.29, 1.82) is 0 Å². The zero-order valence-corrected chi connectivity index (χ0v) is 9.75. The molecule has 0 saturated heterocycles. The zero-order chi connectivity index (χ0) is 10.4. The Morgan fingerprint density at radius 1 is 1.50 bits per heavy atom. The SMILES string of the molecule is CCCCC(CC)CC1=NCC(C)O1. The molecule has 0 radical (unpaired) electrons. The van der Waals surface area contributed by atoms with Gasteiger partial charge in [0.1, 0.15) is 6.10 Å². The molecule has 2 nitrogen and oxygen atoms in total. The lowest BCUT2D eigenvalue weighted by atomic mass is 9.96. The van der Waals surface area contributed by atoms with Gasteiger partial charge in [-0.05, 0) is 19.3 Å². The molecule has 1 aliphatic rings. The molecule has 1 heterocycles. The third-order valence-electron chi connectivity index (χ3n) is 2.87. The highest BCUT2D eigenvalue weighted by Crippen LogP contribution is 2.20. The summed E-state index contributed by atoms with van der Waals surface area (Å²) in [5, 5.41) is 0. The molecular formula is C12H23NO. The molecular weight excluding hydrogens is 174 g/mol. The topological polar surface area (TPSA) is 21.6 Å². The van der Waals surface area contributed by atoms with Gasteiger partial charge in [0.15, 0.2) is 5.90 Å². The van der Waals surface area contributed by atoms with Crippen molar-refractivity contribution in [2.24, 2.45) is 10.9 Å². The van der Waals surface area contributed by atoms with E-state index in [1.54, 1.807) is 0 Å². The Balaban J connectivity index is 2.26. The Hall–Kier alpha value is -0.530. The molecule has 2 heteroatoms. The van der Waals surface area contributed by atoms with E-state index in [4.69, 9.17) is 4.74 Å². The monoisotopic (exact) mass is 197 g/mol. The highest BCUT2D eigenvalue weighted by Gasteiger charge is 2.18. The first-order chi connectivity index (χ1) is 6.76. The van der Waals surface area contributed by atoms with Crippen molar-refractivity contribution in [3.05, 3.63) is 0 Å². The van der Waals surface area contributed by atoms with Crippen LogP contribution in [0.4, 0.5) is 0 Å². The Morgan fingerprint density at radius 2 is 2.29 bits per heavy atom. The average molecular weight is 197 g/mol. The van der Waals surface area contributed by atoms with Gasteiger partial charge in [-0.1, -0.05) is 33.1 Å². The summed E-state index contributed by atoms with van der Waals surface area (Å²) in [5.41, 5.74) is 0. The van der Waals surface area contributed by atoms with Crippen LogP contribution in [0, 0.1) is 5.92 Å². The lowest BCUT2D eigenvalue weighted by Crippen LogP contribution is -2.12. The summed E-state index contributed by atoms with van der Waals surface area (Å²) in [7, 11) is 0. The number of ether oxygens (including phenoxy) is 1. The van der Waals surface area contributed by atoms with Crippen LogP contribution in [0.25, 0.3) is 0 Å². The van der Waals surface area contributed by atoms with Crippen molar-refractivity contribution in [2.75, 3.05) is 6.54 Å². The lowest BCUT2D eigenvalue weighted by Gasteiger charge is -2.14. The average Bonchev–Trinajstić information content (AvgIpc) is 2.58. The molecule has 0 saturated carbocycles. The minimum absolute atomic E-state index is 0.314. The van der Waals surface area contributed by atoms with E-state index in [-0.39, 0.29) is 0 Å². The van der Waals surface area contributed by atoms with Gasteiger partial charge < -0.3 is 4.74 Å². The van der Waals surface area contributed by atoms with Crippen molar-refractivity contribution in [3.63, 3.8) is 0 Å². The van der Waals surface area contributed by atoms with Crippen LogP contribution in [0.3, 0.4) is 0 Å². The van der Waals surface area contributed by atoms with E-state index in [1.165, 1.54) is 25.7 Å². The van der Waals surface area contributed by atoms with E-state index in [2.05, 4.69) is 25.8 Å². The lowest BCUT2D eigenvalue weighted by molar-refractivity contribution is 0.233. The molecule has 82 valence electrons. The Morgan fingerprint density at radius 3 is 2.79 bits per heavy atom. The van der Waals surface area contributed by atoms with Crippen molar-refractivity contribution >= 4 is 5.90 Å². The fourth-order valence-corrected chi connectivity index (χ4v) is 1.84. The molecule has 0 aliphatic carbocycles. The number of hydrogen-bond donors (Lipinski definition) is 0. The smallest absolute Gasteiger partial charge is 0.183 e. The minimum atomic E-state index is 0.314. The maximum atomic E-state index is 5.62. The third kappa shape index (κ3) is 3.69. The highest BCUT2D eigenvalue weighted by molar-refractivity contribution is 5.77. The molecule has 14 heavy (non-hydrogen) atoms. The molecule has 0 aromatic carbocycles. The van der Waals surface area contributed by atoms with Crippen LogP contribution in [0.5, 0.6) is 0 Å². The summed E-state index contributed by atoms with van der Waals surface area (Å²) in [6, 6.07) is 0. The number of unbranched alkanes of at least 4 members (excludes halogenated alkanes) is 1. The fraction of sp³-hybridized carbons (Fsp3) is 0.917. The van der Waals surface area contributed by atoms with Gasteiger partial charge in [0.25, 0.3) is 0 Å². The van der Waals surface area contributed by atoms with Gasteiger partial charge in [-0.3, -0.25) is 4.99 Å². The summed E-state index contributed by atoms with van der Waals surface area (Å²) >= 11 is 0. The summed E-state index contributed by atoms with van der Waals surface area (Å²) in [5.74, 6) is 1.78. The minimum Gasteiger partial charge on any atom is -0.476 e. The van der Waals surface area contributed by atoms with Crippen molar-refractivity contribution in [3.8, 4) is 0 Å². The first kappa shape index (κ1) is 11.5. The predicted molar refractivity (Wildman–Crippen MR) is 60.8 cm³/mol. The molecule has 0 aromatic heterocycles. The van der Waals surface area contributed by atoms with Crippen LogP contribution in [0.1, 0.15) is 52.9 Å². The van der Waals surface area contributed by atoms with Gasteiger partial charge in [-0.25, -0.2) is 0 Å². The first-order valence-corrected chi connectivity index (χ1v) is 5.96. The Kier molecular flexibility index (Phi) is 4.99. The first-order valence-electron chi connectivity index (χ1n) is 5.96. The van der Waals surface area contributed by atoms with Gasteiger partial charge in [-0.15, -0.1) is 0 Å². The number of rotatable bonds is 6. The predicted octanol–water partition coefficient (Wildman–Crippen LogP) is 3.41. The second-order valence-electron chi connectivity index (χ2n) is 4.28. The molecule has 0 fully saturated rings. The maximum Gasteiger partial charge on any atom is 0.183 e. The highest BCUT2D eigenvalue weighted by atomic mass is 16.5. The van der Waals surface area contributed by atoms with Gasteiger partial charge in [0, 0.05) is 6.42 Å². The standard InChI is InChI=1S/C12H23NO/c1-4-6-7-11(5-2)8-12-13-9-10(3)14-12/h10-11H,4-9H2,1-3H3. The van der Waals surface area contributed by atoms with Gasteiger partial charge in [0.2, 0.25) is 0 Å². The van der Waals surface area contributed by atoms with Crippen LogP contribution < -0.4 is 0 Å². The van der Waals surface area contributed by atoms with Gasteiger partial charge in [0.05, 0.1) is 6.54 Å². The third-order valence-corrected chi connectivity index (χ3v) is 2.87. The van der Waals surface area contributed by atoms with E-state index in [1.807, 2.05) is 0 Å². The second-order valence-corrected chi connectivity index (χ2v) is 4.28. The van der Waals surface area contributed by atoms with Crippen molar-refractivity contribution < 1.29 is 4.74 Å². The Bertz CT molecular complexity index is 189. The molecule has 2 unspecified atom stereocenters. The maximum absolute atomic E-state index is 5.62. The molecule has 1 aliphatic heterocycles. The quantitative estimate of drug-likeness (QED) is 0.639. The van der Waals surface area contributed by atoms with Crippen LogP contribution in [-0.4, -0.2) is 18.5 Å². The van der Waals surface area contributed by atoms with E-state index in [0.29, 0.717) is 6.10 Å². The molecule has 0 N–H and O–H groups in total. The normalized spacial score (nSPS) is 23.1. The molecule has 0 amide bonds. The number of nitrogens with zero attached hydrogens (tertiary/aromatic N) is 1. The molecule has 0 aromatic rings. The number of aliphatic imine (C=N–C) groups is 1. The largest absolute Gasteiger partial charge is 0.476 e. The summed E-state index contributed by atoms with van der Waals surface area (Å²) in [6.07, 6.45) is 6.57. The van der Waals surface area contributed by atoms with Crippen molar-refractivity contribution in [1.82, 2.24) is 0 Å². The summed E-state index contributed by atoms with van der Waals surface area (Å²) < 4.78 is 5.62. The van der Waals surface area contributed by atoms with Crippen LogP contribution in [0.2, 0.25) is 0 Å². The van der Waals surface area contributed by atoms with E-state index in [9.17, 15) is 0 Å². The summed E-state index contributed by atoms with van der Waals surface area (Å²) in [4.78, 5) is 4.41. The molecule has 2 atom stereocenters. The van der Waals surface area contributed by atoms with E-state index >= 15 is 0 Å². The van der Waals surface area contributed by atoms with E-state index in [0.717, 1.165) is 24.8 Å². The van der Waals surface area contributed by atoms with E-state index < -0.39 is 0 Å². The van der Waals surface area contributed by atoms with Crippen molar-refractivity contribution in [2.45, 2.75) is 59.0 Å². The Labute approximate surface area is 87.8 Å².